The van der Waals surface area contributed by atoms with E-state index in [0.29, 0.717) is 35.7 Å². The van der Waals surface area contributed by atoms with Crippen LogP contribution in [-0.4, -0.2) is 36.5 Å². The Morgan fingerprint density at radius 3 is 2.68 bits per heavy atom. The Kier molecular flexibility index (Phi) is 4.46. The third kappa shape index (κ3) is 2.72. The summed E-state index contributed by atoms with van der Waals surface area (Å²) in [6, 6.07) is 0. The van der Waals surface area contributed by atoms with Crippen LogP contribution in [0.5, 0.6) is 0 Å². The van der Waals surface area contributed by atoms with Crippen molar-refractivity contribution in [3.05, 3.63) is 0 Å². The number of carbonyl (C=O) groups is 2. The van der Waals surface area contributed by atoms with Crippen LogP contribution in [0, 0.1) is 34.5 Å². The lowest BCUT2D eigenvalue weighted by Gasteiger charge is -2.58. The molecule has 0 amide bonds. The lowest BCUT2D eigenvalue weighted by Crippen LogP contribution is -2.56. The highest BCUT2D eigenvalue weighted by molar-refractivity contribution is 5.93. The van der Waals surface area contributed by atoms with Crippen molar-refractivity contribution >= 4 is 17.3 Å². The molecule has 1 heterocycles. The van der Waals surface area contributed by atoms with Gasteiger partial charge >= 0.3 is 0 Å². The smallest absolute Gasteiger partial charge is 0.141 e. The van der Waals surface area contributed by atoms with Gasteiger partial charge in [-0.1, -0.05) is 19.0 Å². The molecule has 7 atom stereocenters. The lowest BCUT2D eigenvalue weighted by molar-refractivity contribution is -0.152. The molecule has 5 rings (SSSR count). The number of oxime groups is 1. The highest BCUT2D eigenvalue weighted by Crippen LogP contribution is 2.64. The minimum atomic E-state index is -0.158. The van der Waals surface area contributed by atoms with Crippen LogP contribution in [0.15, 0.2) is 5.16 Å². The number of Topliss-reactive ketones (excluding diaryl/α,β-unsaturated/α-hetero) is 2. The average molecular weight is 387 g/mol. The molecule has 4 aliphatic carbocycles. The van der Waals surface area contributed by atoms with Crippen molar-refractivity contribution in [3.63, 3.8) is 0 Å². The number of ketones is 2. The van der Waals surface area contributed by atoms with Crippen LogP contribution in [0.3, 0.4) is 0 Å². The fraction of sp³-hybridized carbons (Fsp3) is 0.870. The zero-order valence-corrected chi connectivity index (χ0v) is 17.3. The molecular weight excluding hydrogens is 352 g/mol. The lowest BCUT2D eigenvalue weighted by atomic mass is 9.45. The average Bonchev–Trinajstić information content (AvgIpc) is 3.29. The first-order valence-corrected chi connectivity index (χ1v) is 11.4. The van der Waals surface area contributed by atoms with Crippen molar-refractivity contribution in [1.29, 1.82) is 0 Å². The highest BCUT2D eigenvalue weighted by atomic mass is 16.6. The van der Waals surface area contributed by atoms with Gasteiger partial charge in [-0.3, -0.25) is 9.59 Å². The van der Waals surface area contributed by atoms with E-state index in [2.05, 4.69) is 24.3 Å². The highest BCUT2D eigenvalue weighted by Gasteiger charge is 2.62. The molecule has 4 saturated carbocycles. The number of fused-ring (bicyclic) bond motifs is 5. The van der Waals surface area contributed by atoms with E-state index in [9.17, 15) is 9.59 Å². The summed E-state index contributed by atoms with van der Waals surface area (Å²) in [7, 11) is 0. The first kappa shape index (κ1) is 18.8. The molecular formula is C23H34N2O3. The third-order valence-corrected chi connectivity index (χ3v) is 9.35. The molecule has 28 heavy (non-hydrogen) atoms. The predicted octanol–water partition coefficient (Wildman–Crippen LogP) is 3.51. The molecule has 0 aromatic carbocycles. The minimum Gasteiger partial charge on any atom is -0.391 e. The molecule has 0 aromatic heterocycles. The number of rotatable bonds is 2. The summed E-state index contributed by atoms with van der Waals surface area (Å²) in [4.78, 5) is 31.6. The molecule has 0 unspecified atom stereocenters. The monoisotopic (exact) mass is 386 g/mol. The molecule has 0 aromatic rings. The second kappa shape index (κ2) is 6.65. The van der Waals surface area contributed by atoms with Gasteiger partial charge < -0.3 is 10.2 Å². The van der Waals surface area contributed by atoms with E-state index in [0.717, 1.165) is 70.2 Å². The van der Waals surface area contributed by atoms with Gasteiger partial charge in [-0.25, -0.2) is 0 Å². The van der Waals surface area contributed by atoms with E-state index in [4.69, 9.17) is 4.84 Å². The summed E-state index contributed by atoms with van der Waals surface area (Å²) in [6.07, 6.45) is 8.50. The van der Waals surface area contributed by atoms with Crippen molar-refractivity contribution in [2.75, 3.05) is 13.1 Å². The van der Waals surface area contributed by atoms with E-state index in [1.165, 1.54) is 0 Å². The van der Waals surface area contributed by atoms with Crippen molar-refractivity contribution in [2.24, 2.45) is 39.7 Å². The van der Waals surface area contributed by atoms with Crippen LogP contribution in [0.25, 0.3) is 0 Å². The number of nitrogens with one attached hydrogen (secondary N) is 1. The third-order valence-electron chi connectivity index (χ3n) is 9.35. The van der Waals surface area contributed by atoms with Crippen LogP contribution < -0.4 is 5.32 Å². The molecule has 1 saturated heterocycles. The Hall–Kier alpha value is -1.23. The Balaban J connectivity index is 1.35. The van der Waals surface area contributed by atoms with Crippen molar-refractivity contribution in [1.82, 2.24) is 5.32 Å². The topological polar surface area (TPSA) is 67.8 Å². The standard InChI is InChI=1S/C23H34N2O3/c1-22-8-5-14(25-28-15-7-10-24-13-15)11-19(22)20(26)12-16-17-3-4-21(27)23(17,2)9-6-18(16)22/h15-19,24H,3-13H2,1-2H3/b25-14+/t15-,16+,17+,18+,19-,22-,23+/m1/s1. The second-order valence-corrected chi connectivity index (χ2v) is 10.6. The van der Waals surface area contributed by atoms with E-state index in [1.807, 2.05) is 0 Å². The van der Waals surface area contributed by atoms with Crippen LogP contribution >= 0.6 is 0 Å². The van der Waals surface area contributed by atoms with Crippen LogP contribution in [0.1, 0.15) is 71.6 Å². The fourth-order valence-electron chi connectivity index (χ4n) is 7.57. The Labute approximate surface area is 168 Å². The van der Waals surface area contributed by atoms with E-state index in [-0.39, 0.29) is 22.9 Å². The summed E-state index contributed by atoms with van der Waals surface area (Å²) in [5.41, 5.74) is 0.994. The van der Waals surface area contributed by atoms with Gasteiger partial charge in [0.05, 0.1) is 5.71 Å². The Morgan fingerprint density at radius 2 is 1.89 bits per heavy atom. The molecule has 5 heteroatoms. The Morgan fingerprint density at radius 1 is 1.04 bits per heavy atom. The summed E-state index contributed by atoms with van der Waals surface area (Å²) >= 11 is 0. The van der Waals surface area contributed by atoms with Crippen molar-refractivity contribution in [3.8, 4) is 0 Å². The number of hydrogen-bond acceptors (Lipinski definition) is 5. The van der Waals surface area contributed by atoms with Crippen LogP contribution in [0.4, 0.5) is 0 Å². The summed E-state index contributed by atoms with van der Waals surface area (Å²) < 4.78 is 0. The second-order valence-electron chi connectivity index (χ2n) is 10.6. The molecule has 0 spiro atoms. The van der Waals surface area contributed by atoms with Crippen LogP contribution in [-0.2, 0) is 14.4 Å². The van der Waals surface area contributed by atoms with E-state index < -0.39 is 0 Å². The molecule has 5 fully saturated rings. The largest absolute Gasteiger partial charge is 0.391 e. The molecule has 5 nitrogen and oxygen atoms in total. The first-order chi connectivity index (χ1) is 13.4. The van der Waals surface area contributed by atoms with Gasteiger partial charge in [-0.2, -0.15) is 0 Å². The van der Waals surface area contributed by atoms with Gasteiger partial charge in [-0.05, 0) is 68.2 Å². The summed E-state index contributed by atoms with van der Waals surface area (Å²) in [6.45, 7) is 6.42. The summed E-state index contributed by atoms with van der Waals surface area (Å²) in [5.74, 6) is 2.38. The van der Waals surface area contributed by atoms with E-state index >= 15 is 0 Å². The predicted molar refractivity (Wildman–Crippen MR) is 107 cm³/mol. The van der Waals surface area contributed by atoms with Gasteiger partial charge in [0.25, 0.3) is 0 Å². The van der Waals surface area contributed by atoms with Crippen molar-refractivity contribution < 1.29 is 14.4 Å². The van der Waals surface area contributed by atoms with Gasteiger partial charge in [-0.15, -0.1) is 0 Å². The molecule has 1 N–H and O–H groups in total. The maximum atomic E-state index is 13.3. The van der Waals surface area contributed by atoms with Crippen molar-refractivity contribution in [2.45, 2.75) is 77.7 Å². The molecule has 5 aliphatic rings. The first-order valence-electron chi connectivity index (χ1n) is 11.4. The Bertz CT molecular complexity index is 713. The van der Waals surface area contributed by atoms with Gasteiger partial charge in [0.2, 0.25) is 0 Å². The minimum absolute atomic E-state index is 0.0703. The van der Waals surface area contributed by atoms with Gasteiger partial charge in [0.15, 0.2) is 0 Å². The number of carbonyl (C=O) groups excluding carboxylic acids is 2. The normalized spacial score (nSPS) is 49.6. The number of hydrogen-bond donors (Lipinski definition) is 1. The maximum Gasteiger partial charge on any atom is 0.141 e. The quantitative estimate of drug-likeness (QED) is 0.738. The number of nitrogens with zero attached hydrogens (tertiary/aromatic N) is 1. The molecule has 0 bridgehead atoms. The van der Waals surface area contributed by atoms with Gasteiger partial charge in [0.1, 0.15) is 17.7 Å². The molecule has 0 radical (unpaired) electrons. The zero-order valence-electron chi connectivity index (χ0n) is 17.3. The maximum absolute atomic E-state index is 13.3. The molecule has 154 valence electrons. The molecule has 1 aliphatic heterocycles. The zero-order chi connectivity index (χ0) is 19.5. The summed E-state index contributed by atoms with van der Waals surface area (Å²) in [5, 5.41) is 7.78. The van der Waals surface area contributed by atoms with Crippen LogP contribution in [0.2, 0.25) is 0 Å². The SMILES string of the molecule is C[C@]12CC/C(=N\O[C@@H]3CCNC3)C[C@@H]1C(=O)C[C@@H]1[C@@H]2CC[C@]2(C)C(=O)CC[C@@H]12. The fourth-order valence-corrected chi connectivity index (χ4v) is 7.57. The van der Waals surface area contributed by atoms with E-state index in [1.54, 1.807) is 0 Å². The van der Waals surface area contributed by atoms with Gasteiger partial charge in [0, 0.05) is 37.1 Å².